The maximum Gasteiger partial charge on any atom is 0.508 e. The summed E-state index contributed by atoms with van der Waals surface area (Å²) >= 11 is 0. The average molecular weight is 654 g/mol. The minimum atomic E-state index is -5.71. The van der Waals surface area contributed by atoms with Gasteiger partial charge in [-0.25, -0.2) is 28.9 Å². The lowest BCUT2D eigenvalue weighted by atomic mass is 9.96. The number of carbonyl (C=O) groups excluding carboxylic acids is 1. The van der Waals surface area contributed by atoms with Gasteiger partial charge in [-0.3, -0.25) is 9.32 Å². The van der Waals surface area contributed by atoms with E-state index in [1.807, 2.05) is 0 Å². The van der Waals surface area contributed by atoms with Crippen molar-refractivity contribution in [3.05, 3.63) is 42.4 Å². The van der Waals surface area contributed by atoms with E-state index in [1.165, 1.54) is 24.0 Å². The fourth-order valence-electron chi connectivity index (χ4n) is 4.46. The van der Waals surface area contributed by atoms with Gasteiger partial charge in [-0.15, -0.1) is 14.0 Å². The van der Waals surface area contributed by atoms with Gasteiger partial charge in [0.2, 0.25) is 0 Å². The maximum absolute atomic E-state index is 12.7. The zero-order valence-electron chi connectivity index (χ0n) is 20.9. The number of carbonyl (C=O) groups is 1. The van der Waals surface area contributed by atoms with Crippen molar-refractivity contribution in [1.82, 2.24) is 14.5 Å². The topological polar surface area (TPSA) is 288 Å². The Hall–Kier alpha value is -2.48. The summed E-state index contributed by atoms with van der Waals surface area (Å²) in [5, 5.41) is 33.3. The molecular formula is C19H21N4O16P3. The Kier molecular flexibility index (Phi) is 8.04. The Morgan fingerprint density at radius 3 is 2.40 bits per heavy atom. The van der Waals surface area contributed by atoms with Gasteiger partial charge < -0.3 is 39.5 Å². The summed E-state index contributed by atoms with van der Waals surface area (Å²) in [6.45, 7) is 0.246. The van der Waals surface area contributed by atoms with Gasteiger partial charge in [-0.2, -0.15) is 4.31 Å². The number of aliphatic hydroxyl groups excluding tert-OH is 1. The highest BCUT2D eigenvalue weighted by atomic mass is 31.3. The summed E-state index contributed by atoms with van der Waals surface area (Å²) in [5.74, 6) is -0.222. The van der Waals surface area contributed by atoms with Gasteiger partial charge in [0.15, 0.2) is 6.23 Å². The molecular weight excluding hydrogens is 633 g/mol. The van der Waals surface area contributed by atoms with Crippen molar-refractivity contribution in [2.75, 3.05) is 11.9 Å². The summed E-state index contributed by atoms with van der Waals surface area (Å²) in [6.07, 6.45) is -1.98. The van der Waals surface area contributed by atoms with Gasteiger partial charge in [0.25, 0.3) is 5.91 Å². The van der Waals surface area contributed by atoms with Crippen LogP contribution in [-0.4, -0.2) is 75.0 Å². The second kappa shape index (κ2) is 10.9. The summed E-state index contributed by atoms with van der Waals surface area (Å²) < 4.78 is 60.4. The lowest BCUT2D eigenvalue weighted by Crippen LogP contribution is -2.44. The van der Waals surface area contributed by atoms with Crippen LogP contribution < -0.4 is 5.32 Å². The molecule has 0 spiro atoms. The minimum absolute atomic E-state index is 0.180. The van der Waals surface area contributed by atoms with Crippen LogP contribution in [0.15, 0.2) is 36.8 Å². The largest absolute Gasteiger partial charge is 0.508 e. The van der Waals surface area contributed by atoms with Gasteiger partial charge in [0.05, 0.1) is 12.0 Å². The number of anilines is 1. The number of hydrogen-bond donors (Lipinski definition) is 7. The molecule has 1 fully saturated rings. The number of phosphoric ester groups is 1. The maximum atomic E-state index is 12.7. The highest BCUT2D eigenvalue weighted by molar-refractivity contribution is 7.61. The van der Waals surface area contributed by atoms with Gasteiger partial charge >= 0.3 is 23.5 Å². The monoisotopic (exact) mass is 654 g/mol. The quantitative estimate of drug-likeness (QED) is 0.0924. The molecule has 2 aliphatic heterocycles. The molecule has 228 valence electrons. The average Bonchev–Trinajstić information content (AvgIpc) is 3.36. The molecule has 5 rings (SSSR count). The standard InChI is InChI=1S/C19H21N4O16P3/c1-19(26)14(24)12(7-34-40(28,29)37-38-42(32,33)39-41(30,31)36-27)35-18(19)23-6-11-9-4-2-3-5-10(9)17(25)22-15-13(11)16(23)21-8-20-15/h2-6,8,12,14,18,24,26-27H,7H2,1H3,(H,28,29)(H,30,31)(H,32,33)(H,20,21,22,25)/t12-,14-,18-,19-/m1/s1. The van der Waals surface area contributed by atoms with Crippen LogP contribution in [0, 0.1) is 0 Å². The molecule has 7 N–H and O–H groups in total. The Morgan fingerprint density at radius 2 is 1.71 bits per heavy atom. The van der Waals surface area contributed by atoms with E-state index in [-0.39, 0.29) is 11.5 Å². The number of phosphoric acid groups is 3. The van der Waals surface area contributed by atoms with Gasteiger partial charge in [0, 0.05) is 17.3 Å². The highest BCUT2D eigenvalue weighted by Gasteiger charge is 2.54. The summed E-state index contributed by atoms with van der Waals surface area (Å²) in [5.41, 5.74) is -0.514. The van der Waals surface area contributed by atoms with Crippen LogP contribution in [0.1, 0.15) is 23.5 Å². The number of nitrogens with one attached hydrogen (secondary N) is 1. The molecule has 3 aromatic rings. The van der Waals surface area contributed by atoms with Crippen molar-refractivity contribution < 1.29 is 76.2 Å². The Morgan fingerprint density at radius 1 is 1.05 bits per heavy atom. The molecule has 1 saturated heterocycles. The van der Waals surface area contributed by atoms with Gasteiger partial charge in [-0.1, -0.05) is 18.2 Å². The number of fused-ring (bicyclic) bond motifs is 2. The number of benzene rings is 1. The molecule has 23 heteroatoms. The number of amides is 1. The number of aliphatic hydroxyl groups is 2. The van der Waals surface area contributed by atoms with E-state index in [1.54, 1.807) is 24.3 Å². The van der Waals surface area contributed by atoms with Crippen LogP contribution in [0.2, 0.25) is 0 Å². The number of aromatic nitrogens is 3. The van der Waals surface area contributed by atoms with E-state index in [9.17, 15) is 38.5 Å². The summed E-state index contributed by atoms with van der Waals surface area (Å²) in [7, 11) is -16.6. The first-order valence-electron chi connectivity index (χ1n) is 11.4. The van der Waals surface area contributed by atoms with Crippen LogP contribution in [-0.2, 0) is 41.3 Å². The number of hydrogen-bond acceptors (Lipinski definition) is 15. The lowest BCUT2D eigenvalue weighted by molar-refractivity contribution is -0.169. The third kappa shape index (κ3) is 5.85. The van der Waals surface area contributed by atoms with E-state index in [0.29, 0.717) is 22.1 Å². The van der Waals surface area contributed by atoms with Gasteiger partial charge in [-0.05, 0) is 18.6 Å². The van der Waals surface area contributed by atoms with Crippen LogP contribution in [0.25, 0.3) is 22.2 Å². The molecule has 20 nitrogen and oxygen atoms in total. The minimum Gasteiger partial charge on any atom is -0.387 e. The van der Waals surface area contributed by atoms with Crippen molar-refractivity contribution in [2.45, 2.75) is 31.0 Å². The Labute approximate surface area is 233 Å². The Bertz CT molecular complexity index is 1700. The molecule has 0 bridgehead atoms. The number of nitrogens with zero attached hydrogens (tertiary/aromatic N) is 3. The van der Waals surface area contributed by atoms with E-state index in [2.05, 4.69) is 38.1 Å². The molecule has 0 radical (unpaired) electrons. The predicted molar refractivity (Wildman–Crippen MR) is 134 cm³/mol. The van der Waals surface area contributed by atoms with Crippen molar-refractivity contribution in [2.24, 2.45) is 0 Å². The molecule has 3 unspecified atom stereocenters. The van der Waals surface area contributed by atoms with E-state index >= 15 is 0 Å². The normalized spacial score (nSPS) is 27.9. The zero-order valence-corrected chi connectivity index (χ0v) is 23.5. The lowest BCUT2D eigenvalue weighted by Gasteiger charge is -2.27. The van der Waals surface area contributed by atoms with Crippen LogP contribution in [0.3, 0.4) is 0 Å². The van der Waals surface area contributed by atoms with Crippen molar-refractivity contribution in [3.8, 4) is 11.1 Å². The smallest absolute Gasteiger partial charge is 0.387 e. The molecule has 2 aliphatic rings. The third-order valence-electron chi connectivity index (χ3n) is 6.24. The first-order valence-corrected chi connectivity index (χ1v) is 15.9. The second-order valence-electron chi connectivity index (χ2n) is 9.08. The third-order valence-corrected chi connectivity index (χ3v) is 9.22. The Balaban J connectivity index is 1.37. The van der Waals surface area contributed by atoms with E-state index in [4.69, 9.17) is 14.9 Å². The fraction of sp³-hybridized carbons (Fsp3) is 0.316. The van der Waals surface area contributed by atoms with E-state index in [0.717, 1.165) is 0 Å². The number of ether oxygens (including phenoxy) is 1. The molecule has 42 heavy (non-hydrogen) atoms. The second-order valence-corrected chi connectivity index (χ2v) is 13.3. The highest BCUT2D eigenvalue weighted by Crippen LogP contribution is 2.62. The van der Waals surface area contributed by atoms with Gasteiger partial charge in [0.1, 0.15) is 35.6 Å². The summed E-state index contributed by atoms with van der Waals surface area (Å²) in [4.78, 5) is 49.0. The summed E-state index contributed by atoms with van der Waals surface area (Å²) in [6, 6.07) is 6.70. The van der Waals surface area contributed by atoms with Crippen molar-refractivity contribution in [1.29, 1.82) is 0 Å². The molecule has 4 heterocycles. The first-order chi connectivity index (χ1) is 19.6. The fourth-order valence-corrected chi connectivity index (χ4v) is 6.79. The molecule has 7 atom stereocenters. The molecule has 1 amide bonds. The SMILES string of the molecule is C[C@@]1(O)[C@H](O)[C@@H](COP(=O)(O)OOP(=O)(O)OP(=O)(O)OO)O[C@H]1n1cc2c3c(ncnc31)NC(=O)c1ccccc1-2. The zero-order chi connectivity index (χ0) is 30.7. The molecule has 0 saturated carbocycles. The molecule has 0 aliphatic carbocycles. The van der Waals surface area contributed by atoms with Crippen molar-refractivity contribution in [3.63, 3.8) is 0 Å². The predicted octanol–water partition coefficient (Wildman–Crippen LogP) is 1.45. The first kappa shape index (κ1) is 31.0. The molecule has 1 aromatic carbocycles. The van der Waals surface area contributed by atoms with Crippen molar-refractivity contribution >= 4 is 46.2 Å². The van der Waals surface area contributed by atoms with Crippen LogP contribution in [0.4, 0.5) is 5.82 Å². The van der Waals surface area contributed by atoms with E-state index < -0.39 is 60.0 Å². The molecule has 2 aromatic heterocycles. The van der Waals surface area contributed by atoms with Crippen LogP contribution in [0.5, 0.6) is 0 Å². The van der Waals surface area contributed by atoms with Crippen LogP contribution >= 0.6 is 23.5 Å². The number of rotatable bonds is 10.